The van der Waals surface area contributed by atoms with Gasteiger partial charge in [-0.1, -0.05) is 30.3 Å². The van der Waals surface area contributed by atoms with Gasteiger partial charge >= 0.3 is 0 Å². The van der Waals surface area contributed by atoms with Crippen LogP contribution in [-0.4, -0.2) is 38.1 Å². The van der Waals surface area contributed by atoms with Crippen molar-refractivity contribution in [2.24, 2.45) is 0 Å². The van der Waals surface area contributed by atoms with E-state index in [1.54, 1.807) is 18.4 Å². The van der Waals surface area contributed by atoms with E-state index in [1.165, 1.54) is 4.70 Å². The molecule has 0 aliphatic carbocycles. The van der Waals surface area contributed by atoms with Crippen LogP contribution in [-0.2, 0) is 11.2 Å². The average Bonchev–Trinajstić information content (AvgIpc) is 3.11. The number of rotatable bonds is 8. The summed E-state index contributed by atoms with van der Waals surface area (Å²) in [7, 11) is 3.70. The summed E-state index contributed by atoms with van der Waals surface area (Å²) in [6.07, 6.45) is 0.752. The fourth-order valence-corrected chi connectivity index (χ4v) is 4.11. The number of carbonyl (C=O) groups excluding carboxylic acids is 1. The van der Waals surface area contributed by atoms with Gasteiger partial charge < -0.3 is 15.0 Å². The highest BCUT2D eigenvalue weighted by Gasteiger charge is 2.21. The summed E-state index contributed by atoms with van der Waals surface area (Å²) in [6.45, 7) is 3.14. The molecule has 6 heteroatoms. The topological polar surface area (TPSA) is 55.7 Å². The Balaban J connectivity index is 1.51. The molecule has 1 amide bonds. The van der Waals surface area contributed by atoms with Gasteiger partial charge in [-0.2, -0.15) is 0 Å². The maximum absolute atomic E-state index is 12.3. The molecule has 0 saturated heterocycles. The zero-order chi connectivity index (χ0) is 19.2. The van der Waals surface area contributed by atoms with Crippen LogP contribution in [0, 0.1) is 0 Å². The third kappa shape index (κ3) is 4.84. The molecule has 0 radical (unpaired) electrons. The number of nitrogens with one attached hydrogen (secondary N) is 2. The van der Waals surface area contributed by atoms with Crippen LogP contribution in [0.2, 0.25) is 0 Å². The van der Waals surface area contributed by atoms with Crippen molar-refractivity contribution in [2.45, 2.75) is 19.4 Å². The highest BCUT2D eigenvalue weighted by atomic mass is 32.1. The van der Waals surface area contributed by atoms with E-state index in [1.807, 2.05) is 49.5 Å². The second-order valence-corrected chi connectivity index (χ2v) is 7.74. The molecule has 27 heavy (non-hydrogen) atoms. The van der Waals surface area contributed by atoms with Gasteiger partial charge in [-0.15, -0.1) is 11.3 Å². The molecule has 142 valence electrons. The number of amides is 1. The Bertz CT molecular complexity index is 876. The largest absolute Gasteiger partial charge is 0.496 e. The molecule has 2 atom stereocenters. The second-order valence-electron chi connectivity index (χ2n) is 6.68. The highest BCUT2D eigenvalue weighted by molar-refractivity contribution is 7.18. The summed E-state index contributed by atoms with van der Waals surface area (Å²) in [4.78, 5) is 18.2. The lowest BCUT2D eigenvalue weighted by Crippen LogP contribution is -3.10. The molecule has 2 N–H and O–H groups in total. The van der Waals surface area contributed by atoms with E-state index >= 15 is 0 Å². The molecule has 0 aliphatic heterocycles. The molecule has 0 saturated carbocycles. The first-order valence-electron chi connectivity index (χ1n) is 9.15. The number of methoxy groups -OCH3 is 1. The van der Waals surface area contributed by atoms with Gasteiger partial charge in [0, 0.05) is 6.54 Å². The number of benzene rings is 2. The number of hydrogen-bond donors (Lipinski definition) is 2. The molecule has 1 unspecified atom stereocenters. The number of para-hydroxylation sites is 2. The molecule has 0 fully saturated rings. The third-order valence-corrected chi connectivity index (χ3v) is 5.99. The van der Waals surface area contributed by atoms with Crippen LogP contribution in [0.4, 0.5) is 0 Å². The highest BCUT2D eigenvalue weighted by Crippen LogP contribution is 2.24. The van der Waals surface area contributed by atoms with Gasteiger partial charge in [-0.3, -0.25) is 4.79 Å². The molecule has 0 bridgehead atoms. The lowest BCUT2D eigenvalue weighted by Gasteiger charge is -2.19. The molecular formula is C21H26N3O2S+. The Morgan fingerprint density at radius 2 is 1.96 bits per heavy atom. The number of carbonyl (C=O) groups is 1. The normalized spacial score (nSPS) is 13.3. The van der Waals surface area contributed by atoms with Gasteiger partial charge in [0.2, 0.25) is 0 Å². The smallest absolute Gasteiger partial charge is 0.275 e. The molecule has 0 aliphatic rings. The molecule has 2 aromatic carbocycles. The van der Waals surface area contributed by atoms with Crippen molar-refractivity contribution in [3.05, 3.63) is 59.1 Å². The predicted octanol–water partition coefficient (Wildman–Crippen LogP) is 2.24. The molecule has 3 rings (SSSR count). The number of hydrogen-bond acceptors (Lipinski definition) is 4. The Labute approximate surface area is 164 Å². The van der Waals surface area contributed by atoms with Crippen molar-refractivity contribution in [1.29, 1.82) is 0 Å². The summed E-state index contributed by atoms with van der Waals surface area (Å²) in [5.74, 6) is 0.911. The monoisotopic (exact) mass is 384 g/mol. The van der Waals surface area contributed by atoms with Crippen molar-refractivity contribution in [3.8, 4) is 5.75 Å². The van der Waals surface area contributed by atoms with Gasteiger partial charge in [-0.05, 0) is 37.1 Å². The van der Waals surface area contributed by atoms with Crippen LogP contribution in [0.1, 0.15) is 23.5 Å². The minimum atomic E-state index is 0.0513. The number of quaternary nitrogens is 1. The van der Waals surface area contributed by atoms with Crippen LogP contribution < -0.4 is 15.0 Å². The molecule has 0 spiro atoms. The quantitative estimate of drug-likeness (QED) is 0.626. The first kappa shape index (κ1) is 19.3. The lowest BCUT2D eigenvalue weighted by molar-refractivity contribution is -0.902. The van der Waals surface area contributed by atoms with E-state index in [2.05, 4.69) is 18.3 Å². The third-order valence-electron chi connectivity index (χ3n) is 4.77. The van der Waals surface area contributed by atoms with Crippen molar-refractivity contribution < 1.29 is 14.4 Å². The first-order valence-corrected chi connectivity index (χ1v) is 9.96. The maximum atomic E-state index is 12.3. The zero-order valence-corrected chi connectivity index (χ0v) is 16.8. The standard InChI is InChI=1S/C21H25N3O2S/c1-15(21-23-17-9-5-7-11-19(17)27-21)24(2)14-20(25)22-13-12-16-8-4-6-10-18(16)26-3/h4-11,15H,12-14H2,1-3H3,(H,22,25)/p+1/t15-/m1/s1. The fourth-order valence-electron chi connectivity index (χ4n) is 3.00. The average molecular weight is 385 g/mol. The molecule has 1 aromatic heterocycles. The zero-order valence-electron chi connectivity index (χ0n) is 16.0. The van der Waals surface area contributed by atoms with E-state index in [0.717, 1.165) is 33.2 Å². The van der Waals surface area contributed by atoms with Gasteiger partial charge in [0.25, 0.3) is 5.91 Å². The summed E-state index contributed by atoms with van der Waals surface area (Å²) in [6, 6.07) is 16.2. The minimum absolute atomic E-state index is 0.0513. The Kier molecular flexibility index (Phi) is 6.42. The molecule has 3 aromatic rings. The SMILES string of the molecule is COc1ccccc1CCNC(=O)C[NH+](C)[C@H](C)c1nc2ccccc2s1. The van der Waals surface area contributed by atoms with Gasteiger partial charge in [0.15, 0.2) is 11.6 Å². The maximum Gasteiger partial charge on any atom is 0.275 e. The number of ether oxygens (including phenoxy) is 1. The Morgan fingerprint density at radius 3 is 2.74 bits per heavy atom. The number of aromatic nitrogens is 1. The summed E-state index contributed by atoms with van der Waals surface area (Å²) >= 11 is 1.70. The summed E-state index contributed by atoms with van der Waals surface area (Å²) in [5.41, 5.74) is 2.13. The van der Waals surface area contributed by atoms with Gasteiger partial charge in [0.05, 0.1) is 24.4 Å². The van der Waals surface area contributed by atoms with Gasteiger partial charge in [0.1, 0.15) is 11.8 Å². The molecule has 5 nitrogen and oxygen atoms in total. The number of nitrogens with zero attached hydrogens (tertiary/aromatic N) is 1. The lowest BCUT2D eigenvalue weighted by atomic mass is 10.1. The van der Waals surface area contributed by atoms with E-state index < -0.39 is 0 Å². The number of thiazole rings is 1. The molecular weight excluding hydrogens is 358 g/mol. The van der Waals surface area contributed by atoms with E-state index in [4.69, 9.17) is 9.72 Å². The Hall–Kier alpha value is -2.44. The number of likely N-dealkylation sites (N-methyl/N-ethyl adjacent to an activating group) is 1. The molecule has 1 heterocycles. The van der Waals surface area contributed by atoms with Crippen LogP contribution >= 0.6 is 11.3 Å². The number of fused-ring (bicyclic) bond motifs is 1. The van der Waals surface area contributed by atoms with Crippen molar-refractivity contribution >= 4 is 27.5 Å². The first-order chi connectivity index (χ1) is 13.1. The van der Waals surface area contributed by atoms with E-state index in [-0.39, 0.29) is 11.9 Å². The van der Waals surface area contributed by atoms with Crippen molar-refractivity contribution in [3.63, 3.8) is 0 Å². The summed E-state index contributed by atoms with van der Waals surface area (Å²) in [5, 5.41) is 4.08. The Morgan fingerprint density at radius 1 is 1.22 bits per heavy atom. The predicted molar refractivity (Wildman–Crippen MR) is 109 cm³/mol. The van der Waals surface area contributed by atoms with E-state index in [0.29, 0.717) is 13.1 Å². The minimum Gasteiger partial charge on any atom is -0.496 e. The fraction of sp³-hybridized carbons (Fsp3) is 0.333. The van der Waals surface area contributed by atoms with Crippen LogP contribution in [0.15, 0.2) is 48.5 Å². The van der Waals surface area contributed by atoms with Crippen molar-refractivity contribution in [1.82, 2.24) is 10.3 Å². The van der Waals surface area contributed by atoms with Gasteiger partial charge in [-0.25, -0.2) is 4.98 Å². The van der Waals surface area contributed by atoms with Crippen LogP contribution in [0.5, 0.6) is 5.75 Å². The van der Waals surface area contributed by atoms with Crippen molar-refractivity contribution in [2.75, 3.05) is 27.2 Å². The van der Waals surface area contributed by atoms with Crippen LogP contribution in [0.25, 0.3) is 10.2 Å². The van der Waals surface area contributed by atoms with E-state index in [9.17, 15) is 4.79 Å². The second kappa shape index (κ2) is 8.97. The van der Waals surface area contributed by atoms with Crippen LogP contribution in [0.3, 0.4) is 0 Å². The summed E-state index contributed by atoms with van der Waals surface area (Å²) < 4.78 is 6.54.